The summed E-state index contributed by atoms with van der Waals surface area (Å²) in [6, 6.07) is 0. The number of aliphatic carboxylic acids is 1. The van der Waals surface area contributed by atoms with Crippen LogP contribution in [0, 0.1) is 11.8 Å². The molecule has 0 aliphatic carbocycles. The van der Waals surface area contributed by atoms with Crippen LogP contribution in [0.5, 0.6) is 0 Å². The van der Waals surface area contributed by atoms with E-state index in [0.717, 1.165) is 31.3 Å². The van der Waals surface area contributed by atoms with Gasteiger partial charge in [-0.25, -0.2) is 0 Å². The Morgan fingerprint density at radius 2 is 1.88 bits per heavy atom. The van der Waals surface area contributed by atoms with Crippen molar-refractivity contribution in [2.24, 2.45) is 11.8 Å². The molecule has 0 aromatic heterocycles. The van der Waals surface area contributed by atoms with Crippen LogP contribution in [-0.4, -0.2) is 23.1 Å². The number of hydrogen-bond acceptors (Lipinski definition) is 3. The van der Waals surface area contributed by atoms with Gasteiger partial charge in [0.25, 0.3) is 0 Å². The fourth-order valence-corrected chi connectivity index (χ4v) is 2.90. The molecule has 3 atom stereocenters. The number of carboxylic acid groups (broad SMARTS) is 1. The van der Waals surface area contributed by atoms with Crippen LogP contribution >= 0.6 is 0 Å². The molecule has 1 N–H and O–H groups in total. The molecule has 4 heteroatoms. The third-order valence-electron chi connectivity index (χ3n) is 4.41. The highest BCUT2D eigenvalue weighted by Gasteiger charge is 2.23. The molecule has 0 fully saturated rings. The quantitative estimate of drug-likeness (QED) is 0.554. The van der Waals surface area contributed by atoms with E-state index in [-0.39, 0.29) is 24.4 Å². The summed E-state index contributed by atoms with van der Waals surface area (Å²) in [4.78, 5) is 23.1. The van der Waals surface area contributed by atoms with Crippen LogP contribution in [-0.2, 0) is 14.3 Å². The second kappa shape index (κ2) is 13.5. The van der Waals surface area contributed by atoms with Crippen molar-refractivity contribution < 1.29 is 19.4 Å². The van der Waals surface area contributed by atoms with Gasteiger partial charge in [-0.15, -0.1) is 13.2 Å². The van der Waals surface area contributed by atoms with E-state index < -0.39 is 5.97 Å². The number of ether oxygens (including phenoxy) is 1. The molecule has 1 rings (SSSR count). The molecular weight excluding hydrogens is 316 g/mol. The van der Waals surface area contributed by atoms with Gasteiger partial charge in [-0.05, 0) is 56.4 Å². The monoisotopic (exact) mass is 350 g/mol. The minimum Gasteiger partial charge on any atom is -0.481 e. The van der Waals surface area contributed by atoms with Crippen LogP contribution in [0.15, 0.2) is 37.5 Å². The van der Waals surface area contributed by atoms with Crippen molar-refractivity contribution >= 4 is 11.9 Å². The number of esters is 1. The first-order valence-corrected chi connectivity index (χ1v) is 9.10. The van der Waals surface area contributed by atoms with E-state index in [1.165, 1.54) is 0 Å². The Hall–Kier alpha value is -1.84. The van der Waals surface area contributed by atoms with Crippen molar-refractivity contribution in [3.05, 3.63) is 37.5 Å². The minimum atomic E-state index is -0.793. The van der Waals surface area contributed by atoms with Crippen LogP contribution in [0.2, 0.25) is 0 Å². The summed E-state index contributed by atoms with van der Waals surface area (Å²) in [5.74, 6) is -0.437. The Morgan fingerprint density at radius 3 is 2.48 bits per heavy atom. The number of hydrogen-bond donors (Lipinski definition) is 1. The van der Waals surface area contributed by atoms with Crippen molar-refractivity contribution in [3.63, 3.8) is 0 Å². The highest BCUT2D eigenvalue weighted by molar-refractivity contribution is 5.70. The summed E-state index contributed by atoms with van der Waals surface area (Å²) in [6.45, 7) is 14.0. The maximum absolute atomic E-state index is 11.9. The topological polar surface area (TPSA) is 63.6 Å². The van der Waals surface area contributed by atoms with Crippen molar-refractivity contribution in [2.45, 2.75) is 71.3 Å². The number of carboxylic acids is 1. The molecule has 25 heavy (non-hydrogen) atoms. The van der Waals surface area contributed by atoms with Gasteiger partial charge < -0.3 is 9.84 Å². The van der Waals surface area contributed by atoms with E-state index in [1.807, 2.05) is 13.0 Å². The van der Waals surface area contributed by atoms with Gasteiger partial charge in [-0.1, -0.05) is 32.1 Å². The number of rotatable bonds is 3. The predicted octanol–water partition coefficient (Wildman–Crippen LogP) is 5.30. The summed E-state index contributed by atoms with van der Waals surface area (Å²) in [5, 5.41) is 9.14. The average Bonchev–Trinajstić information content (AvgIpc) is 2.55. The van der Waals surface area contributed by atoms with Crippen LogP contribution in [0.1, 0.15) is 65.2 Å². The van der Waals surface area contributed by atoms with Crippen LogP contribution < -0.4 is 0 Å². The first kappa shape index (κ1) is 23.2. The molecule has 0 aromatic carbocycles. The zero-order valence-electron chi connectivity index (χ0n) is 15.8. The lowest BCUT2D eigenvalue weighted by molar-refractivity contribution is -0.148. The molecular formula is C21H34O4. The largest absolute Gasteiger partial charge is 0.481 e. The van der Waals surface area contributed by atoms with Crippen molar-refractivity contribution in [2.75, 3.05) is 0 Å². The predicted molar refractivity (Wildman–Crippen MR) is 102 cm³/mol. The van der Waals surface area contributed by atoms with Gasteiger partial charge in [-0.3, -0.25) is 9.59 Å². The van der Waals surface area contributed by atoms with Crippen molar-refractivity contribution in [3.8, 4) is 0 Å². The van der Waals surface area contributed by atoms with Crippen LogP contribution in [0.4, 0.5) is 0 Å². The number of carbonyl (C=O) groups is 2. The molecule has 1 aliphatic heterocycles. The molecule has 0 amide bonds. The first-order chi connectivity index (χ1) is 11.9. The van der Waals surface area contributed by atoms with E-state index in [2.05, 4.69) is 32.7 Å². The van der Waals surface area contributed by atoms with Gasteiger partial charge in [0, 0.05) is 12.8 Å². The minimum absolute atomic E-state index is 0.0166. The smallest absolute Gasteiger partial charge is 0.306 e. The molecule has 4 nitrogen and oxygen atoms in total. The average molecular weight is 350 g/mol. The summed E-state index contributed by atoms with van der Waals surface area (Å²) in [6.07, 6.45) is 9.47. The Labute approximate surface area is 152 Å². The number of cyclic esters (lactones) is 1. The molecule has 1 heterocycles. The fourth-order valence-electron chi connectivity index (χ4n) is 2.90. The molecule has 0 saturated carbocycles. The molecule has 0 saturated heterocycles. The molecule has 0 spiro atoms. The molecule has 0 aromatic rings. The van der Waals surface area contributed by atoms with E-state index in [0.29, 0.717) is 25.2 Å². The Bertz CT molecular complexity index is 453. The summed E-state index contributed by atoms with van der Waals surface area (Å²) in [5.41, 5.74) is 0.782. The Balaban J connectivity index is 0.00000277. The number of allylic oxidation sites excluding steroid dienone is 2. The van der Waals surface area contributed by atoms with Crippen LogP contribution in [0.3, 0.4) is 0 Å². The zero-order valence-corrected chi connectivity index (χ0v) is 15.8. The third-order valence-corrected chi connectivity index (χ3v) is 4.41. The molecule has 0 bridgehead atoms. The normalized spacial score (nSPS) is 27.0. The Kier molecular flexibility index (Phi) is 12.5. The van der Waals surface area contributed by atoms with Gasteiger partial charge in [0.2, 0.25) is 0 Å². The van der Waals surface area contributed by atoms with E-state index in [4.69, 9.17) is 9.84 Å². The molecule has 1 aliphatic rings. The molecule has 0 radical (unpaired) electrons. The van der Waals surface area contributed by atoms with Gasteiger partial charge in [-0.2, -0.15) is 0 Å². The van der Waals surface area contributed by atoms with Crippen LogP contribution in [0.25, 0.3) is 0 Å². The lowest BCUT2D eigenvalue weighted by Gasteiger charge is -2.24. The second-order valence-electron chi connectivity index (χ2n) is 6.79. The fraction of sp³-hybridized carbons (Fsp3) is 0.619. The SMILES string of the molecule is C=C.C=C(C)C1CC(CC(=O)O)CCC(C)CC/C=C\CCC(=O)O1. The summed E-state index contributed by atoms with van der Waals surface area (Å²) in [7, 11) is 0. The molecule has 3 unspecified atom stereocenters. The second-order valence-corrected chi connectivity index (χ2v) is 6.79. The lowest BCUT2D eigenvalue weighted by atomic mass is 9.87. The van der Waals surface area contributed by atoms with Crippen molar-refractivity contribution in [1.82, 2.24) is 0 Å². The van der Waals surface area contributed by atoms with Gasteiger partial charge in [0.1, 0.15) is 6.10 Å². The lowest BCUT2D eigenvalue weighted by Crippen LogP contribution is -2.24. The zero-order chi connectivity index (χ0) is 19.2. The van der Waals surface area contributed by atoms with E-state index in [9.17, 15) is 9.59 Å². The summed E-state index contributed by atoms with van der Waals surface area (Å²) < 4.78 is 5.53. The first-order valence-electron chi connectivity index (χ1n) is 9.10. The third kappa shape index (κ3) is 11.4. The summed E-state index contributed by atoms with van der Waals surface area (Å²) >= 11 is 0. The highest BCUT2D eigenvalue weighted by atomic mass is 16.5. The molecule has 142 valence electrons. The van der Waals surface area contributed by atoms with Gasteiger partial charge in [0.05, 0.1) is 0 Å². The Morgan fingerprint density at radius 1 is 1.24 bits per heavy atom. The number of carbonyl (C=O) groups excluding carboxylic acids is 1. The van der Waals surface area contributed by atoms with Gasteiger partial charge in [0.15, 0.2) is 0 Å². The highest BCUT2D eigenvalue weighted by Crippen LogP contribution is 2.26. The van der Waals surface area contributed by atoms with E-state index in [1.54, 1.807) is 0 Å². The van der Waals surface area contributed by atoms with Gasteiger partial charge >= 0.3 is 11.9 Å². The van der Waals surface area contributed by atoms with E-state index >= 15 is 0 Å². The maximum Gasteiger partial charge on any atom is 0.306 e. The maximum atomic E-state index is 11.9. The van der Waals surface area contributed by atoms with Crippen molar-refractivity contribution in [1.29, 1.82) is 0 Å². The standard InChI is InChI=1S/C19H30O4.C2H4/c1-14(2)17-12-16(13-18(20)21)11-10-15(3)8-6-4-5-7-9-19(22)23-17;1-2/h4-5,15-17H,1,6-13H2,2-3H3,(H,20,21);1-2H2/b5-4-;.